The van der Waals surface area contributed by atoms with Crippen LogP contribution in [0.25, 0.3) is 0 Å². The number of methoxy groups -OCH3 is 1. The molecular formula is C25H29FN4O6. The molecule has 0 bridgehead atoms. The van der Waals surface area contributed by atoms with Gasteiger partial charge in [-0.1, -0.05) is 0 Å². The smallest absolute Gasteiger partial charge is 0.257 e. The number of halogens is 1. The van der Waals surface area contributed by atoms with Crippen molar-refractivity contribution in [3.05, 3.63) is 59.6 Å². The molecule has 0 aromatic heterocycles. The zero-order valence-electron chi connectivity index (χ0n) is 20.5. The second-order valence-corrected chi connectivity index (χ2v) is 8.00. The lowest BCUT2D eigenvalue weighted by Gasteiger charge is -2.17. The van der Waals surface area contributed by atoms with E-state index >= 15 is 4.39 Å². The Morgan fingerprint density at radius 1 is 1.31 bits per heavy atom. The van der Waals surface area contributed by atoms with Crippen molar-refractivity contribution in [2.24, 2.45) is 0 Å². The summed E-state index contributed by atoms with van der Waals surface area (Å²) in [5.41, 5.74) is 0.219. The first-order valence-electron chi connectivity index (χ1n) is 11.2. The van der Waals surface area contributed by atoms with Crippen LogP contribution in [0.1, 0.15) is 27.6 Å². The summed E-state index contributed by atoms with van der Waals surface area (Å²) in [6.07, 6.45) is 2.52. The van der Waals surface area contributed by atoms with Crippen molar-refractivity contribution < 1.29 is 32.9 Å². The third-order valence-electron chi connectivity index (χ3n) is 5.09. The summed E-state index contributed by atoms with van der Waals surface area (Å²) in [6, 6.07) is 7.13. The number of nitrogens with one attached hydrogen (secondary N) is 3. The Bertz CT molecular complexity index is 1170. The maximum Gasteiger partial charge on any atom is 0.257 e. The molecule has 2 aromatic carbocycles. The van der Waals surface area contributed by atoms with E-state index in [1.165, 1.54) is 54.6 Å². The summed E-state index contributed by atoms with van der Waals surface area (Å²) in [7, 11) is 4.81. The third-order valence-corrected chi connectivity index (χ3v) is 5.09. The molecule has 2 amide bonds. The van der Waals surface area contributed by atoms with Crippen molar-refractivity contribution in [1.29, 1.82) is 5.41 Å². The minimum Gasteiger partial charge on any atom is -0.488 e. The van der Waals surface area contributed by atoms with Crippen LogP contribution in [0.3, 0.4) is 0 Å². The van der Waals surface area contributed by atoms with Gasteiger partial charge >= 0.3 is 0 Å². The number of hydrogen-bond donors (Lipinski definition) is 3. The van der Waals surface area contributed by atoms with Gasteiger partial charge in [0.1, 0.15) is 30.0 Å². The molecule has 10 nitrogen and oxygen atoms in total. The zero-order valence-corrected chi connectivity index (χ0v) is 20.5. The van der Waals surface area contributed by atoms with E-state index in [4.69, 9.17) is 24.4 Å². The lowest BCUT2D eigenvalue weighted by molar-refractivity contribution is 0.0796. The van der Waals surface area contributed by atoms with Gasteiger partial charge in [-0.25, -0.2) is 0 Å². The van der Waals surface area contributed by atoms with Crippen LogP contribution in [0.15, 0.2) is 42.6 Å². The molecule has 1 heterocycles. The van der Waals surface area contributed by atoms with E-state index in [1.807, 2.05) is 0 Å². The summed E-state index contributed by atoms with van der Waals surface area (Å²) >= 11 is 0. The van der Waals surface area contributed by atoms with Gasteiger partial charge in [0, 0.05) is 32.8 Å². The number of carbonyl (C=O) groups excluding carboxylic acids is 2. The van der Waals surface area contributed by atoms with Crippen LogP contribution in [0, 0.1) is 11.2 Å². The van der Waals surface area contributed by atoms with Gasteiger partial charge in [-0.3, -0.25) is 15.0 Å². The van der Waals surface area contributed by atoms with Crippen LogP contribution in [-0.2, 0) is 4.74 Å². The monoisotopic (exact) mass is 500 g/mol. The van der Waals surface area contributed by atoms with Crippen molar-refractivity contribution in [3.8, 4) is 23.0 Å². The summed E-state index contributed by atoms with van der Waals surface area (Å²) in [4.78, 5) is 26.7. The molecule has 3 N–H and O–H groups in total. The maximum absolute atomic E-state index is 15.3. The Morgan fingerprint density at radius 3 is 2.78 bits per heavy atom. The molecule has 192 valence electrons. The van der Waals surface area contributed by atoms with Gasteiger partial charge in [0.15, 0.2) is 11.5 Å². The highest BCUT2D eigenvalue weighted by molar-refractivity contribution is 6.09. The second kappa shape index (κ2) is 12.0. The Labute approximate surface area is 208 Å². The summed E-state index contributed by atoms with van der Waals surface area (Å²) < 4.78 is 37.5. The number of fused-ring (bicyclic) bond motifs is 1. The third kappa shape index (κ3) is 6.51. The molecule has 0 aliphatic carbocycles. The van der Waals surface area contributed by atoms with E-state index in [0.717, 1.165) is 0 Å². The normalized spacial score (nSPS) is 13.9. The molecule has 11 heteroatoms. The topological polar surface area (TPSA) is 122 Å². The lowest BCUT2D eigenvalue weighted by atomic mass is 10.1. The van der Waals surface area contributed by atoms with Gasteiger partial charge in [-0.05, 0) is 43.5 Å². The van der Waals surface area contributed by atoms with Gasteiger partial charge in [-0.15, -0.1) is 0 Å². The molecule has 0 fully saturated rings. The predicted molar refractivity (Wildman–Crippen MR) is 131 cm³/mol. The van der Waals surface area contributed by atoms with Crippen LogP contribution in [0.2, 0.25) is 0 Å². The molecule has 0 radical (unpaired) electrons. The van der Waals surface area contributed by atoms with Gasteiger partial charge in [-0.2, -0.15) is 4.39 Å². The van der Waals surface area contributed by atoms with Crippen LogP contribution in [0.4, 0.5) is 4.39 Å². The maximum atomic E-state index is 15.3. The number of carbonyl (C=O) groups is 2. The van der Waals surface area contributed by atoms with Crippen molar-refractivity contribution in [1.82, 2.24) is 15.5 Å². The molecule has 0 spiro atoms. The van der Waals surface area contributed by atoms with E-state index in [9.17, 15) is 9.59 Å². The van der Waals surface area contributed by atoms with Crippen LogP contribution in [0.5, 0.6) is 23.0 Å². The van der Waals surface area contributed by atoms with Gasteiger partial charge in [0.2, 0.25) is 5.82 Å². The standard InChI is InChI=1S/C25H29FN4O6/c1-15(14-33-4)35-17-11-16(24(31)29-21(27)7-8-28-2)12-18(13-17)36-20-6-5-19-23(22(20)26)34-10-9-30(3)25(19)32/h5-8,11-13,15,28H,9-10,14H2,1-4H3,(H2,27,29,31)/b8-7-/t15-/m0/s1. The van der Waals surface area contributed by atoms with Crippen LogP contribution >= 0.6 is 0 Å². The minimum atomic E-state index is -0.833. The Kier molecular flexibility index (Phi) is 8.85. The lowest BCUT2D eigenvalue weighted by Crippen LogP contribution is -2.28. The molecule has 36 heavy (non-hydrogen) atoms. The first-order valence-corrected chi connectivity index (χ1v) is 11.2. The minimum absolute atomic E-state index is 0.0959. The Hall–Kier alpha value is -4.12. The fourth-order valence-corrected chi connectivity index (χ4v) is 3.38. The molecular weight excluding hydrogens is 471 g/mol. The molecule has 2 aromatic rings. The van der Waals surface area contributed by atoms with Gasteiger partial charge in [0.25, 0.3) is 11.8 Å². The van der Waals surface area contributed by atoms with E-state index in [-0.39, 0.29) is 58.6 Å². The summed E-state index contributed by atoms with van der Waals surface area (Å²) in [5, 5.41) is 13.0. The van der Waals surface area contributed by atoms with Crippen molar-refractivity contribution >= 4 is 17.6 Å². The molecule has 1 aliphatic heterocycles. The molecule has 0 saturated carbocycles. The zero-order chi connectivity index (χ0) is 26.2. The molecule has 0 unspecified atom stereocenters. The second-order valence-electron chi connectivity index (χ2n) is 8.00. The largest absolute Gasteiger partial charge is 0.488 e. The average Bonchev–Trinajstić information content (AvgIpc) is 2.98. The summed E-state index contributed by atoms with van der Waals surface area (Å²) in [6.45, 7) is 2.53. The number of nitrogens with zero attached hydrogens (tertiary/aromatic N) is 1. The Balaban J connectivity index is 1.94. The highest BCUT2D eigenvalue weighted by Gasteiger charge is 2.26. The number of rotatable bonds is 9. The van der Waals surface area contributed by atoms with Crippen molar-refractivity contribution in [2.45, 2.75) is 13.0 Å². The molecule has 3 rings (SSSR count). The highest BCUT2D eigenvalue weighted by atomic mass is 19.1. The fourth-order valence-electron chi connectivity index (χ4n) is 3.38. The van der Waals surface area contributed by atoms with Gasteiger partial charge in [0.05, 0.1) is 18.7 Å². The van der Waals surface area contributed by atoms with Crippen LogP contribution < -0.4 is 24.8 Å². The van der Waals surface area contributed by atoms with Crippen molar-refractivity contribution in [3.63, 3.8) is 0 Å². The predicted octanol–water partition coefficient (Wildman–Crippen LogP) is 2.94. The summed E-state index contributed by atoms with van der Waals surface area (Å²) in [5.74, 6) is -1.91. The number of ether oxygens (including phenoxy) is 4. The van der Waals surface area contributed by atoms with E-state index in [1.54, 1.807) is 21.0 Å². The Morgan fingerprint density at radius 2 is 2.06 bits per heavy atom. The number of hydrogen-bond acceptors (Lipinski definition) is 8. The van der Waals surface area contributed by atoms with E-state index in [2.05, 4.69) is 10.6 Å². The van der Waals surface area contributed by atoms with Crippen molar-refractivity contribution in [2.75, 3.05) is 41.0 Å². The SMILES string of the molecule is CN/C=C\C(=N)NC(=O)c1cc(Oc2ccc3c(c2F)OCCN(C)C3=O)cc(O[C@@H](C)COC)c1. The average molecular weight is 501 g/mol. The number of likely N-dealkylation sites (N-methyl/N-ethyl adjacent to an activating group) is 1. The van der Waals surface area contributed by atoms with Gasteiger partial charge < -0.3 is 34.5 Å². The number of amides is 2. The van der Waals surface area contributed by atoms with Crippen LogP contribution in [-0.4, -0.2) is 69.6 Å². The molecule has 1 atom stereocenters. The quantitative estimate of drug-likeness (QED) is 0.357. The first-order chi connectivity index (χ1) is 17.2. The molecule has 1 aliphatic rings. The fraction of sp³-hybridized carbons (Fsp3) is 0.320. The first kappa shape index (κ1) is 26.5. The van der Waals surface area contributed by atoms with E-state index < -0.39 is 11.7 Å². The highest BCUT2D eigenvalue weighted by Crippen LogP contribution is 2.36. The van der Waals surface area contributed by atoms with E-state index in [0.29, 0.717) is 13.2 Å². The molecule has 0 saturated heterocycles. The number of amidine groups is 1. The number of benzene rings is 2.